The third-order valence-corrected chi connectivity index (χ3v) is 4.40. The van der Waals surface area contributed by atoms with Crippen LogP contribution in [0.3, 0.4) is 0 Å². The fourth-order valence-electron chi connectivity index (χ4n) is 2.93. The van der Waals surface area contributed by atoms with E-state index in [0.29, 0.717) is 11.6 Å². The predicted octanol–water partition coefficient (Wildman–Crippen LogP) is 3.47. The number of hydrogen-bond donors (Lipinski definition) is 1. The monoisotopic (exact) mass is 339 g/mol. The predicted molar refractivity (Wildman–Crippen MR) is 98.1 cm³/mol. The highest BCUT2D eigenvalue weighted by atomic mass is 16.1. The Morgan fingerprint density at radius 2 is 2.16 bits per heavy atom. The summed E-state index contributed by atoms with van der Waals surface area (Å²) in [5, 5.41) is 7.17. The molecule has 2 aromatic heterocycles. The van der Waals surface area contributed by atoms with Crippen LogP contribution in [0.15, 0.2) is 24.4 Å². The lowest BCUT2D eigenvalue weighted by molar-refractivity contribution is -0.115. The Morgan fingerprint density at radius 3 is 2.76 bits per heavy atom. The van der Waals surface area contributed by atoms with Crippen molar-refractivity contribution in [2.75, 3.05) is 5.32 Å². The third kappa shape index (κ3) is 4.32. The second-order valence-corrected chi connectivity index (χ2v) is 6.80. The maximum Gasteiger partial charge on any atom is 0.233 e. The van der Waals surface area contributed by atoms with Gasteiger partial charge in [0.25, 0.3) is 0 Å². The van der Waals surface area contributed by atoms with Crippen molar-refractivity contribution in [1.29, 1.82) is 0 Å². The first-order valence-corrected chi connectivity index (χ1v) is 8.88. The number of amides is 1. The molecule has 132 valence electrons. The second kappa shape index (κ2) is 7.59. The molecule has 1 aliphatic carbocycles. The highest BCUT2D eigenvalue weighted by Crippen LogP contribution is 2.26. The average Bonchev–Trinajstić information content (AvgIpc) is 2.97. The number of aromatic nitrogens is 4. The lowest BCUT2D eigenvalue weighted by atomic mass is 9.95. The number of pyridine rings is 1. The van der Waals surface area contributed by atoms with Gasteiger partial charge in [-0.05, 0) is 49.0 Å². The molecule has 2 aromatic rings. The van der Waals surface area contributed by atoms with E-state index in [9.17, 15) is 4.79 Å². The number of anilines is 1. The zero-order chi connectivity index (χ0) is 17.8. The summed E-state index contributed by atoms with van der Waals surface area (Å²) in [5.41, 5.74) is 2.50. The molecule has 25 heavy (non-hydrogen) atoms. The number of nitrogens with one attached hydrogen (secondary N) is 1. The minimum Gasteiger partial charge on any atom is -0.310 e. The van der Waals surface area contributed by atoms with Gasteiger partial charge in [0.1, 0.15) is 11.6 Å². The van der Waals surface area contributed by atoms with E-state index in [4.69, 9.17) is 0 Å². The number of aryl methyl sites for hydroxylation is 1. The average molecular weight is 339 g/mol. The Bertz CT molecular complexity index is 774. The van der Waals surface area contributed by atoms with E-state index in [-0.39, 0.29) is 18.2 Å². The van der Waals surface area contributed by atoms with E-state index >= 15 is 0 Å². The molecule has 1 amide bonds. The van der Waals surface area contributed by atoms with Crippen LogP contribution < -0.4 is 5.32 Å². The molecule has 6 heteroatoms. The number of carbonyl (C=O) groups is 1. The molecule has 1 aliphatic rings. The molecular formula is C19H25N5O. The van der Waals surface area contributed by atoms with Crippen molar-refractivity contribution in [2.24, 2.45) is 7.05 Å². The first-order valence-electron chi connectivity index (χ1n) is 8.88. The first kappa shape index (κ1) is 17.3. The minimum absolute atomic E-state index is 0.136. The van der Waals surface area contributed by atoms with Crippen LogP contribution in [0.25, 0.3) is 5.57 Å². The Kier molecular flexibility index (Phi) is 5.26. The normalized spacial score (nSPS) is 14.5. The van der Waals surface area contributed by atoms with E-state index in [1.165, 1.54) is 18.4 Å². The van der Waals surface area contributed by atoms with Gasteiger partial charge in [0, 0.05) is 19.2 Å². The van der Waals surface area contributed by atoms with Crippen molar-refractivity contribution >= 4 is 17.3 Å². The van der Waals surface area contributed by atoms with Gasteiger partial charge < -0.3 is 5.32 Å². The van der Waals surface area contributed by atoms with Gasteiger partial charge in [-0.1, -0.05) is 19.9 Å². The fourth-order valence-corrected chi connectivity index (χ4v) is 2.93. The van der Waals surface area contributed by atoms with Crippen LogP contribution in [0.2, 0.25) is 0 Å². The zero-order valence-electron chi connectivity index (χ0n) is 15.1. The summed E-state index contributed by atoms with van der Waals surface area (Å²) in [6.45, 7) is 4.07. The summed E-state index contributed by atoms with van der Waals surface area (Å²) in [7, 11) is 1.81. The summed E-state index contributed by atoms with van der Waals surface area (Å²) < 4.78 is 1.67. The summed E-state index contributed by atoms with van der Waals surface area (Å²) in [4.78, 5) is 21.1. The van der Waals surface area contributed by atoms with Crippen molar-refractivity contribution in [1.82, 2.24) is 19.7 Å². The van der Waals surface area contributed by atoms with Crippen LogP contribution in [0.5, 0.6) is 0 Å². The topological polar surface area (TPSA) is 72.7 Å². The van der Waals surface area contributed by atoms with E-state index in [2.05, 4.69) is 26.5 Å². The molecule has 0 saturated heterocycles. The SMILES string of the molecule is CC(C)c1nc(CC(=O)Nc2ccc(C3=CCCCC3)cn2)n(C)n1. The van der Waals surface area contributed by atoms with Gasteiger partial charge in [-0.2, -0.15) is 5.10 Å². The van der Waals surface area contributed by atoms with E-state index in [1.54, 1.807) is 4.68 Å². The number of rotatable bonds is 5. The minimum atomic E-state index is -0.136. The molecule has 3 rings (SSSR count). The van der Waals surface area contributed by atoms with E-state index < -0.39 is 0 Å². The van der Waals surface area contributed by atoms with Crippen LogP contribution in [-0.2, 0) is 18.3 Å². The Balaban J connectivity index is 1.62. The molecule has 2 heterocycles. The number of hydrogen-bond acceptors (Lipinski definition) is 4. The fraction of sp³-hybridized carbons (Fsp3) is 0.474. The molecule has 0 atom stereocenters. The molecule has 0 fully saturated rings. The van der Waals surface area contributed by atoms with Gasteiger partial charge in [0.05, 0.1) is 6.42 Å². The molecule has 0 radical (unpaired) electrons. The number of allylic oxidation sites excluding steroid dienone is 2. The Labute approximate surface area is 148 Å². The largest absolute Gasteiger partial charge is 0.310 e. The van der Waals surface area contributed by atoms with Crippen LogP contribution in [0.4, 0.5) is 5.82 Å². The van der Waals surface area contributed by atoms with E-state index in [1.807, 2.05) is 39.2 Å². The van der Waals surface area contributed by atoms with Crippen LogP contribution in [0.1, 0.15) is 62.7 Å². The van der Waals surface area contributed by atoms with Gasteiger partial charge in [-0.15, -0.1) is 0 Å². The molecule has 6 nitrogen and oxygen atoms in total. The Morgan fingerprint density at radius 1 is 1.32 bits per heavy atom. The van der Waals surface area contributed by atoms with Crippen molar-refractivity contribution in [2.45, 2.75) is 51.9 Å². The maximum atomic E-state index is 12.3. The summed E-state index contributed by atoms with van der Waals surface area (Å²) in [5.74, 6) is 2.09. The second-order valence-electron chi connectivity index (χ2n) is 6.80. The van der Waals surface area contributed by atoms with Crippen molar-refractivity contribution in [3.05, 3.63) is 41.6 Å². The highest BCUT2D eigenvalue weighted by Gasteiger charge is 2.14. The summed E-state index contributed by atoms with van der Waals surface area (Å²) in [6.07, 6.45) is 9.07. The van der Waals surface area contributed by atoms with Crippen LogP contribution in [-0.4, -0.2) is 25.7 Å². The Hall–Kier alpha value is -2.50. The van der Waals surface area contributed by atoms with Crippen LogP contribution in [0, 0.1) is 0 Å². The molecule has 0 bridgehead atoms. The molecular weight excluding hydrogens is 314 g/mol. The molecule has 0 aromatic carbocycles. The van der Waals surface area contributed by atoms with Crippen molar-refractivity contribution in [3.63, 3.8) is 0 Å². The lowest BCUT2D eigenvalue weighted by Crippen LogP contribution is -2.17. The number of nitrogens with zero attached hydrogens (tertiary/aromatic N) is 4. The molecule has 0 saturated carbocycles. The van der Waals surface area contributed by atoms with Crippen molar-refractivity contribution < 1.29 is 4.79 Å². The first-order chi connectivity index (χ1) is 12.0. The molecule has 0 spiro atoms. The van der Waals surface area contributed by atoms with Gasteiger partial charge in [0.15, 0.2) is 5.82 Å². The van der Waals surface area contributed by atoms with Crippen LogP contribution >= 0.6 is 0 Å². The standard InChI is InChI=1S/C19H25N5O/c1-13(2)19-22-17(24(3)23-19)11-18(25)21-16-10-9-15(12-20-16)14-7-5-4-6-8-14/h7,9-10,12-13H,4-6,8,11H2,1-3H3,(H,20,21,25). The smallest absolute Gasteiger partial charge is 0.233 e. The van der Waals surface area contributed by atoms with Crippen molar-refractivity contribution in [3.8, 4) is 0 Å². The molecule has 0 unspecified atom stereocenters. The molecule has 0 aliphatic heterocycles. The summed E-state index contributed by atoms with van der Waals surface area (Å²) >= 11 is 0. The zero-order valence-corrected chi connectivity index (χ0v) is 15.1. The van der Waals surface area contributed by atoms with E-state index in [0.717, 1.165) is 24.2 Å². The third-order valence-electron chi connectivity index (χ3n) is 4.40. The molecule has 1 N–H and O–H groups in total. The highest BCUT2D eigenvalue weighted by molar-refractivity contribution is 5.91. The quantitative estimate of drug-likeness (QED) is 0.905. The number of carbonyl (C=O) groups excluding carboxylic acids is 1. The summed E-state index contributed by atoms with van der Waals surface area (Å²) in [6, 6.07) is 3.89. The maximum absolute atomic E-state index is 12.3. The van der Waals surface area contributed by atoms with Gasteiger partial charge in [0.2, 0.25) is 5.91 Å². The van der Waals surface area contributed by atoms with Gasteiger partial charge in [-0.25, -0.2) is 9.97 Å². The van der Waals surface area contributed by atoms with Gasteiger partial charge in [-0.3, -0.25) is 9.48 Å². The van der Waals surface area contributed by atoms with Gasteiger partial charge >= 0.3 is 0 Å². The lowest BCUT2D eigenvalue weighted by Gasteiger charge is -2.13.